The van der Waals surface area contributed by atoms with Crippen LogP contribution in [-0.4, -0.2) is 14.3 Å². The van der Waals surface area contributed by atoms with Gasteiger partial charge in [-0.15, -0.1) is 0 Å². The Balaban J connectivity index is 1.65. The van der Waals surface area contributed by atoms with E-state index in [1.807, 2.05) is 30.3 Å². The number of nitrogens with one attached hydrogen (secondary N) is 1. The van der Waals surface area contributed by atoms with E-state index < -0.39 is 10.0 Å². The van der Waals surface area contributed by atoms with Crippen LogP contribution in [0.15, 0.2) is 77.7 Å². The van der Waals surface area contributed by atoms with E-state index in [2.05, 4.69) is 5.32 Å². The summed E-state index contributed by atoms with van der Waals surface area (Å²) in [5, 5.41) is 8.37. The third-order valence-electron chi connectivity index (χ3n) is 4.08. The molecule has 0 radical (unpaired) electrons. The van der Waals surface area contributed by atoms with Crippen LogP contribution in [-0.2, 0) is 21.2 Å². The standard InChI is InChI=1S/C21H19ClN2O4S/c22-16-9-12-20(28-17-4-2-1-3-5-17)19(14-16)24-21(25)13-8-15-6-10-18(11-7-15)29(23,26)27/h1-7,9-12,14H,8,13H2,(H,24,25)(H2,23,26,27). The fourth-order valence-electron chi connectivity index (χ4n) is 2.62. The van der Waals surface area contributed by atoms with Crippen molar-refractivity contribution in [3.05, 3.63) is 83.4 Å². The Kier molecular flexibility index (Phi) is 6.53. The fourth-order valence-corrected chi connectivity index (χ4v) is 3.31. The molecule has 3 aromatic carbocycles. The first-order valence-corrected chi connectivity index (χ1v) is 10.7. The number of aryl methyl sites for hydroxylation is 1. The van der Waals surface area contributed by atoms with Crippen molar-refractivity contribution >= 4 is 33.2 Å². The van der Waals surface area contributed by atoms with Crippen molar-refractivity contribution in [1.82, 2.24) is 0 Å². The third kappa shape index (κ3) is 6.05. The molecule has 0 unspecified atom stereocenters. The van der Waals surface area contributed by atoms with Gasteiger partial charge in [-0.2, -0.15) is 0 Å². The molecule has 6 nitrogen and oxygen atoms in total. The molecule has 0 fully saturated rings. The summed E-state index contributed by atoms with van der Waals surface area (Å²) in [7, 11) is -3.73. The maximum atomic E-state index is 12.4. The Morgan fingerprint density at radius 3 is 2.34 bits per heavy atom. The van der Waals surface area contributed by atoms with Crippen molar-refractivity contribution in [3.63, 3.8) is 0 Å². The van der Waals surface area contributed by atoms with Crippen LogP contribution in [0.3, 0.4) is 0 Å². The fraction of sp³-hybridized carbons (Fsp3) is 0.0952. The molecule has 0 aromatic heterocycles. The first-order valence-electron chi connectivity index (χ1n) is 8.75. The summed E-state index contributed by atoms with van der Waals surface area (Å²) in [5.74, 6) is 0.896. The molecule has 0 aliphatic carbocycles. The minimum atomic E-state index is -3.73. The van der Waals surface area contributed by atoms with Gasteiger partial charge >= 0.3 is 0 Å². The summed E-state index contributed by atoms with van der Waals surface area (Å²) in [6, 6.07) is 20.3. The first kappa shape index (κ1) is 20.9. The number of halogens is 1. The van der Waals surface area contributed by atoms with Gasteiger partial charge in [0.05, 0.1) is 10.6 Å². The summed E-state index contributed by atoms with van der Waals surface area (Å²) < 4.78 is 28.4. The van der Waals surface area contributed by atoms with E-state index in [1.165, 1.54) is 12.1 Å². The number of carbonyl (C=O) groups excluding carboxylic acids is 1. The lowest BCUT2D eigenvalue weighted by Crippen LogP contribution is -2.13. The van der Waals surface area contributed by atoms with Crippen LogP contribution in [0, 0.1) is 0 Å². The molecular formula is C21H19ClN2O4S. The number of sulfonamides is 1. The molecule has 29 heavy (non-hydrogen) atoms. The Hall–Kier alpha value is -2.87. The highest BCUT2D eigenvalue weighted by Crippen LogP contribution is 2.32. The molecule has 8 heteroatoms. The lowest BCUT2D eigenvalue weighted by Gasteiger charge is -2.13. The molecule has 0 spiro atoms. The number of ether oxygens (including phenoxy) is 1. The van der Waals surface area contributed by atoms with E-state index in [4.69, 9.17) is 21.5 Å². The van der Waals surface area contributed by atoms with Gasteiger partial charge in [0.15, 0.2) is 5.75 Å². The van der Waals surface area contributed by atoms with Gasteiger partial charge in [0.25, 0.3) is 0 Å². The van der Waals surface area contributed by atoms with Crippen molar-refractivity contribution in [2.45, 2.75) is 17.7 Å². The lowest BCUT2D eigenvalue weighted by atomic mass is 10.1. The first-order chi connectivity index (χ1) is 13.8. The molecule has 0 bridgehead atoms. The van der Waals surface area contributed by atoms with Crippen LogP contribution in [0.5, 0.6) is 11.5 Å². The number of amides is 1. The van der Waals surface area contributed by atoms with E-state index in [0.29, 0.717) is 28.6 Å². The molecule has 3 N–H and O–H groups in total. The summed E-state index contributed by atoms with van der Waals surface area (Å²) in [6.45, 7) is 0. The molecule has 0 saturated carbocycles. The minimum Gasteiger partial charge on any atom is -0.455 e. The topological polar surface area (TPSA) is 98.5 Å². The molecule has 0 saturated heterocycles. The number of rotatable bonds is 7. The zero-order chi connectivity index (χ0) is 20.9. The van der Waals surface area contributed by atoms with Gasteiger partial charge in [0, 0.05) is 11.4 Å². The Labute approximate surface area is 174 Å². The van der Waals surface area contributed by atoms with Crippen LogP contribution in [0.4, 0.5) is 5.69 Å². The Morgan fingerprint density at radius 2 is 1.69 bits per heavy atom. The Bertz CT molecular complexity index is 1100. The molecule has 3 aromatic rings. The molecule has 0 aliphatic rings. The van der Waals surface area contributed by atoms with Crippen LogP contribution in [0.2, 0.25) is 5.02 Å². The largest absolute Gasteiger partial charge is 0.455 e. The van der Waals surface area contributed by atoms with Crippen LogP contribution in [0.1, 0.15) is 12.0 Å². The van der Waals surface area contributed by atoms with Gasteiger partial charge in [-0.1, -0.05) is 41.9 Å². The molecular weight excluding hydrogens is 412 g/mol. The zero-order valence-corrected chi connectivity index (χ0v) is 16.9. The van der Waals surface area contributed by atoms with E-state index in [1.54, 1.807) is 30.3 Å². The van der Waals surface area contributed by atoms with E-state index >= 15 is 0 Å². The molecule has 3 rings (SSSR count). The number of primary sulfonamides is 1. The van der Waals surface area contributed by atoms with Crippen molar-refractivity contribution in [3.8, 4) is 11.5 Å². The molecule has 1 amide bonds. The number of para-hydroxylation sites is 1. The second-order valence-electron chi connectivity index (χ2n) is 6.29. The van der Waals surface area contributed by atoms with Gasteiger partial charge in [-0.25, -0.2) is 13.6 Å². The van der Waals surface area contributed by atoms with Crippen LogP contribution < -0.4 is 15.2 Å². The van der Waals surface area contributed by atoms with Gasteiger partial charge in [0.1, 0.15) is 5.75 Å². The summed E-state index contributed by atoms with van der Waals surface area (Å²) in [4.78, 5) is 12.4. The summed E-state index contributed by atoms with van der Waals surface area (Å²) in [5.41, 5.74) is 1.29. The van der Waals surface area contributed by atoms with E-state index in [-0.39, 0.29) is 17.2 Å². The second kappa shape index (κ2) is 9.09. The maximum absolute atomic E-state index is 12.4. The van der Waals surface area contributed by atoms with Gasteiger partial charge in [0.2, 0.25) is 15.9 Å². The monoisotopic (exact) mass is 430 g/mol. The predicted octanol–water partition coefficient (Wildman–Crippen LogP) is 4.35. The van der Waals surface area contributed by atoms with Gasteiger partial charge in [-0.3, -0.25) is 4.79 Å². The molecule has 0 aliphatic heterocycles. The zero-order valence-electron chi connectivity index (χ0n) is 15.3. The van der Waals surface area contributed by atoms with Crippen LogP contribution >= 0.6 is 11.6 Å². The highest BCUT2D eigenvalue weighted by molar-refractivity contribution is 7.89. The third-order valence-corrected chi connectivity index (χ3v) is 5.24. The number of benzene rings is 3. The van der Waals surface area contributed by atoms with E-state index in [0.717, 1.165) is 5.56 Å². The molecule has 0 atom stereocenters. The number of anilines is 1. The average molecular weight is 431 g/mol. The minimum absolute atomic E-state index is 0.0346. The number of nitrogens with two attached hydrogens (primary N) is 1. The normalized spacial score (nSPS) is 11.1. The molecule has 150 valence electrons. The van der Waals surface area contributed by atoms with Crippen LogP contribution in [0.25, 0.3) is 0 Å². The van der Waals surface area contributed by atoms with Crippen molar-refractivity contribution < 1.29 is 17.9 Å². The van der Waals surface area contributed by atoms with Gasteiger partial charge < -0.3 is 10.1 Å². The number of hydrogen-bond acceptors (Lipinski definition) is 4. The van der Waals surface area contributed by atoms with Gasteiger partial charge in [-0.05, 0) is 54.4 Å². The predicted molar refractivity (Wildman–Crippen MR) is 113 cm³/mol. The lowest BCUT2D eigenvalue weighted by molar-refractivity contribution is -0.116. The summed E-state index contributed by atoms with van der Waals surface area (Å²) >= 11 is 6.06. The smallest absolute Gasteiger partial charge is 0.238 e. The van der Waals surface area contributed by atoms with Crippen molar-refractivity contribution in [1.29, 1.82) is 0 Å². The second-order valence-corrected chi connectivity index (χ2v) is 8.29. The van der Waals surface area contributed by atoms with Crippen molar-refractivity contribution in [2.24, 2.45) is 5.14 Å². The SMILES string of the molecule is NS(=O)(=O)c1ccc(CCC(=O)Nc2cc(Cl)ccc2Oc2ccccc2)cc1. The highest BCUT2D eigenvalue weighted by Gasteiger charge is 2.11. The van der Waals surface area contributed by atoms with Crippen molar-refractivity contribution in [2.75, 3.05) is 5.32 Å². The molecule has 0 heterocycles. The maximum Gasteiger partial charge on any atom is 0.238 e. The Morgan fingerprint density at radius 1 is 1.00 bits per heavy atom. The highest BCUT2D eigenvalue weighted by atomic mass is 35.5. The number of carbonyl (C=O) groups is 1. The quantitative estimate of drug-likeness (QED) is 0.582. The average Bonchev–Trinajstić information content (AvgIpc) is 2.69. The van der Waals surface area contributed by atoms with E-state index in [9.17, 15) is 13.2 Å². The summed E-state index contributed by atoms with van der Waals surface area (Å²) in [6.07, 6.45) is 0.637. The number of hydrogen-bond donors (Lipinski definition) is 2.